The molecule has 0 aromatic heterocycles. The highest BCUT2D eigenvalue weighted by Gasteiger charge is 2.48. The van der Waals surface area contributed by atoms with Gasteiger partial charge in [0.25, 0.3) is 5.91 Å². The summed E-state index contributed by atoms with van der Waals surface area (Å²) >= 11 is 0. The number of carboxylic acid groups (broad SMARTS) is 1. The molecule has 118 valence electrons. The average molecular weight is 312 g/mol. The van der Waals surface area contributed by atoms with Gasteiger partial charge in [0, 0.05) is 6.54 Å². The van der Waals surface area contributed by atoms with E-state index in [1.165, 1.54) is 0 Å². The van der Waals surface area contributed by atoms with E-state index >= 15 is 0 Å². The zero-order valence-corrected chi connectivity index (χ0v) is 12.6. The lowest BCUT2D eigenvalue weighted by Crippen LogP contribution is -2.41. The van der Waals surface area contributed by atoms with Gasteiger partial charge in [0.05, 0.1) is 6.42 Å². The van der Waals surface area contributed by atoms with Gasteiger partial charge in [0.15, 0.2) is 0 Å². The van der Waals surface area contributed by atoms with Crippen LogP contribution < -0.4 is 5.32 Å². The van der Waals surface area contributed by atoms with Crippen LogP contribution in [0.5, 0.6) is 0 Å². The van der Waals surface area contributed by atoms with Gasteiger partial charge in [-0.15, -0.1) is 0 Å². The van der Waals surface area contributed by atoms with Crippen molar-refractivity contribution in [1.29, 1.82) is 0 Å². The zero-order chi connectivity index (χ0) is 16.6. The number of aliphatic carboxylic acids is 1. The lowest BCUT2D eigenvalue weighted by Gasteiger charge is -2.22. The van der Waals surface area contributed by atoms with Crippen molar-refractivity contribution in [1.82, 2.24) is 10.2 Å². The summed E-state index contributed by atoms with van der Waals surface area (Å²) in [6, 6.07) is 12.8. The van der Waals surface area contributed by atoms with E-state index < -0.39 is 23.4 Å². The largest absolute Gasteiger partial charge is 0.481 e. The molecule has 1 aliphatic heterocycles. The molecule has 1 aliphatic rings. The van der Waals surface area contributed by atoms with Crippen LogP contribution in [0, 0.1) is 0 Å². The Morgan fingerprint density at radius 2 is 1.87 bits per heavy atom. The maximum atomic E-state index is 12.6. The maximum absolute atomic E-state index is 12.6. The number of carbonyl (C=O) groups is 3. The highest BCUT2D eigenvalue weighted by Crippen LogP contribution is 2.31. The lowest BCUT2D eigenvalue weighted by atomic mass is 9.90. The minimum Gasteiger partial charge on any atom is -0.481 e. The number of urea groups is 1. The summed E-state index contributed by atoms with van der Waals surface area (Å²) in [5.74, 6) is -1.48. The molecule has 0 spiro atoms. The molecule has 23 heavy (non-hydrogen) atoms. The normalized spacial score (nSPS) is 20.8. The molecule has 6 nitrogen and oxygen atoms in total. The smallest absolute Gasteiger partial charge is 0.325 e. The quantitative estimate of drug-likeness (QED) is 0.846. The number of benzene rings is 2. The number of nitrogens with one attached hydrogen (secondary N) is 1. The molecule has 0 radical (unpaired) electrons. The van der Waals surface area contributed by atoms with Crippen LogP contribution >= 0.6 is 0 Å². The highest BCUT2D eigenvalue weighted by molar-refractivity contribution is 6.07. The van der Waals surface area contributed by atoms with Crippen molar-refractivity contribution in [2.24, 2.45) is 0 Å². The predicted molar refractivity (Wildman–Crippen MR) is 83.8 cm³/mol. The van der Waals surface area contributed by atoms with E-state index in [1.54, 1.807) is 13.0 Å². The van der Waals surface area contributed by atoms with Crippen molar-refractivity contribution < 1.29 is 19.5 Å². The fourth-order valence-electron chi connectivity index (χ4n) is 2.80. The summed E-state index contributed by atoms with van der Waals surface area (Å²) < 4.78 is 0. The Kier molecular flexibility index (Phi) is 3.52. The number of amides is 3. The van der Waals surface area contributed by atoms with Gasteiger partial charge in [-0.25, -0.2) is 4.79 Å². The van der Waals surface area contributed by atoms with Crippen LogP contribution in [0.15, 0.2) is 42.5 Å². The molecule has 1 heterocycles. The van der Waals surface area contributed by atoms with Gasteiger partial charge in [0.1, 0.15) is 5.54 Å². The number of carboxylic acids is 1. The Morgan fingerprint density at radius 1 is 1.17 bits per heavy atom. The SMILES string of the molecule is CC1(c2ccc3ccccc3c2)NC(=O)N(CCC(=O)O)C1=O. The first-order valence-corrected chi connectivity index (χ1v) is 7.27. The third kappa shape index (κ3) is 2.52. The molecular formula is C17H16N2O4. The van der Waals surface area contributed by atoms with Gasteiger partial charge in [-0.05, 0) is 29.3 Å². The minimum atomic E-state index is -1.18. The standard InChI is InChI=1S/C17H16N2O4/c1-17(13-7-6-11-4-2-3-5-12(11)10-13)15(22)19(16(23)18-17)9-8-14(20)21/h2-7,10H,8-9H2,1H3,(H,18,23)(H,20,21). The third-order valence-electron chi connectivity index (χ3n) is 4.15. The molecule has 2 aromatic carbocycles. The fraction of sp³-hybridized carbons (Fsp3) is 0.235. The maximum Gasteiger partial charge on any atom is 0.325 e. The fourth-order valence-corrected chi connectivity index (χ4v) is 2.80. The Bertz CT molecular complexity index is 817. The van der Waals surface area contributed by atoms with Crippen molar-refractivity contribution in [3.8, 4) is 0 Å². The van der Waals surface area contributed by atoms with Crippen LogP contribution in [-0.2, 0) is 15.1 Å². The van der Waals surface area contributed by atoms with Gasteiger partial charge < -0.3 is 10.4 Å². The van der Waals surface area contributed by atoms with Crippen LogP contribution in [-0.4, -0.2) is 34.5 Å². The number of hydrogen-bond acceptors (Lipinski definition) is 3. The van der Waals surface area contributed by atoms with E-state index in [0.717, 1.165) is 15.7 Å². The highest BCUT2D eigenvalue weighted by atomic mass is 16.4. The first-order chi connectivity index (χ1) is 10.9. The Morgan fingerprint density at radius 3 is 2.57 bits per heavy atom. The molecule has 6 heteroatoms. The molecule has 3 rings (SSSR count). The number of carbonyl (C=O) groups excluding carboxylic acids is 2. The first kappa shape index (κ1) is 15.0. The third-order valence-corrected chi connectivity index (χ3v) is 4.15. The number of imide groups is 1. The van der Waals surface area contributed by atoms with Crippen LogP contribution in [0.25, 0.3) is 10.8 Å². The number of rotatable bonds is 4. The molecular weight excluding hydrogens is 296 g/mol. The lowest BCUT2D eigenvalue weighted by molar-refractivity contribution is -0.138. The van der Waals surface area contributed by atoms with Crippen LogP contribution in [0.2, 0.25) is 0 Å². The molecule has 1 fully saturated rings. The van der Waals surface area contributed by atoms with Gasteiger partial charge in [-0.1, -0.05) is 36.4 Å². The second-order valence-electron chi connectivity index (χ2n) is 5.72. The van der Waals surface area contributed by atoms with Gasteiger partial charge in [0.2, 0.25) is 0 Å². The molecule has 0 saturated carbocycles. The van der Waals surface area contributed by atoms with E-state index in [-0.39, 0.29) is 13.0 Å². The van der Waals surface area contributed by atoms with Gasteiger partial charge in [-0.2, -0.15) is 0 Å². The first-order valence-electron chi connectivity index (χ1n) is 7.27. The minimum absolute atomic E-state index is 0.136. The Hall–Kier alpha value is -2.89. The summed E-state index contributed by atoms with van der Waals surface area (Å²) in [6.07, 6.45) is -0.271. The number of fused-ring (bicyclic) bond motifs is 1. The van der Waals surface area contributed by atoms with Gasteiger partial charge >= 0.3 is 12.0 Å². The zero-order valence-electron chi connectivity index (χ0n) is 12.6. The van der Waals surface area contributed by atoms with Crippen LogP contribution in [0.1, 0.15) is 18.9 Å². The Labute approximate surface area is 132 Å². The summed E-state index contributed by atoms with van der Waals surface area (Å²) in [5.41, 5.74) is -0.507. The molecule has 0 bridgehead atoms. The van der Waals surface area contributed by atoms with E-state index in [1.807, 2.05) is 36.4 Å². The van der Waals surface area contributed by atoms with E-state index in [2.05, 4.69) is 5.32 Å². The molecule has 2 aromatic rings. The van der Waals surface area contributed by atoms with Crippen molar-refractivity contribution in [2.75, 3.05) is 6.54 Å². The Balaban J connectivity index is 1.95. The molecule has 1 unspecified atom stereocenters. The molecule has 0 aliphatic carbocycles. The monoisotopic (exact) mass is 312 g/mol. The van der Waals surface area contributed by atoms with Crippen LogP contribution in [0.3, 0.4) is 0 Å². The summed E-state index contributed by atoms with van der Waals surface area (Å²) in [6.45, 7) is 1.50. The van der Waals surface area contributed by atoms with Crippen molar-refractivity contribution in [3.05, 3.63) is 48.0 Å². The van der Waals surface area contributed by atoms with E-state index in [9.17, 15) is 14.4 Å². The number of hydrogen-bond donors (Lipinski definition) is 2. The van der Waals surface area contributed by atoms with Crippen molar-refractivity contribution >= 4 is 28.7 Å². The molecule has 1 atom stereocenters. The number of nitrogens with zero attached hydrogens (tertiary/aromatic N) is 1. The van der Waals surface area contributed by atoms with Gasteiger partial charge in [-0.3, -0.25) is 14.5 Å². The summed E-state index contributed by atoms with van der Waals surface area (Å²) in [4.78, 5) is 36.3. The van der Waals surface area contributed by atoms with Crippen molar-refractivity contribution in [2.45, 2.75) is 18.9 Å². The molecule has 3 amide bonds. The van der Waals surface area contributed by atoms with E-state index in [4.69, 9.17) is 5.11 Å². The van der Waals surface area contributed by atoms with Crippen LogP contribution in [0.4, 0.5) is 4.79 Å². The molecule has 2 N–H and O–H groups in total. The second kappa shape index (κ2) is 5.39. The second-order valence-corrected chi connectivity index (χ2v) is 5.72. The van der Waals surface area contributed by atoms with E-state index in [0.29, 0.717) is 5.56 Å². The molecule has 1 saturated heterocycles. The average Bonchev–Trinajstić information content (AvgIpc) is 2.75. The summed E-state index contributed by atoms with van der Waals surface area (Å²) in [5, 5.41) is 13.4. The summed E-state index contributed by atoms with van der Waals surface area (Å²) in [7, 11) is 0. The topological polar surface area (TPSA) is 86.7 Å². The predicted octanol–water partition coefficient (Wildman–Crippen LogP) is 2.08. The van der Waals surface area contributed by atoms with Crippen molar-refractivity contribution in [3.63, 3.8) is 0 Å².